The number of para-hydroxylation sites is 1. The first-order chi connectivity index (χ1) is 14.6. The number of unbranched alkanes of at least 4 members (excludes halogenated alkanes) is 6. The number of ether oxygens (including phenoxy) is 1. The average Bonchev–Trinajstić information content (AvgIpc) is 2.74. The first-order valence-electron chi connectivity index (χ1n) is 11.0. The number of hydrogen-bond donors (Lipinski definition) is 2. The van der Waals surface area contributed by atoms with Crippen LogP contribution in [0, 0.1) is 11.8 Å². The van der Waals surface area contributed by atoms with Gasteiger partial charge in [0.2, 0.25) is 5.88 Å². The molecule has 1 unspecified atom stereocenters. The Labute approximate surface area is 179 Å². The zero-order valence-electron chi connectivity index (χ0n) is 17.9. The number of aliphatic hydroxyl groups is 1. The number of hydrogen-bond acceptors (Lipinski definition) is 4. The summed E-state index contributed by atoms with van der Waals surface area (Å²) in [5.41, 5.74) is 1.49. The standard InChI is InChI=1S/C25H33NO4/c1-2-3-4-5-8-13-18-30-25-21(19-20-14-11-12-15-22(20)26-25)23(27)16-9-6-7-10-17-24(28)29/h11-12,14-15,19,23,27H,2-5,7-8,10,13,16-18H2,1H3,(H,28,29). The highest BCUT2D eigenvalue weighted by Crippen LogP contribution is 2.29. The van der Waals surface area contributed by atoms with Gasteiger partial charge in [-0.15, -0.1) is 11.8 Å². The van der Waals surface area contributed by atoms with Crippen molar-refractivity contribution in [3.8, 4) is 17.7 Å². The maximum Gasteiger partial charge on any atom is 0.303 e. The lowest BCUT2D eigenvalue weighted by molar-refractivity contribution is -0.137. The van der Waals surface area contributed by atoms with E-state index in [4.69, 9.17) is 9.84 Å². The lowest BCUT2D eigenvalue weighted by Crippen LogP contribution is -2.06. The van der Waals surface area contributed by atoms with Crippen molar-refractivity contribution < 1.29 is 19.7 Å². The molecule has 30 heavy (non-hydrogen) atoms. The Morgan fingerprint density at radius 3 is 2.67 bits per heavy atom. The highest BCUT2D eigenvalue weighted by Gasteiger charge is 2.16. The van der Waals surface area contributed by atoms with Crippen molar-refractivity contribution in [2.45, 2.75) is 77.2 Å². The van der Waals surface area contributed by atoms with Crippen molar-refractivity contribution >= 4 is 16.9 Å². The molecule has 2 rings (SSSR count). The van der Waals surface area contributed by atoms with Crippen LogP contribution in [0.4, 0.5) is 0 Å². The molecule has 0 spiro atoms. The number of carbonyl (C=O) groups is 1. The van der Waals surface area contributed by atoms with E-state index in [1.807, 2.05) is 30.3 Å². The number of nitrogens with zero attached hydrogens (tertiary/aromatic N) is 1. The summed E-state index contributed by atoms with van der Waals surface area (Å²) in [5, 5.41) is 20.3. The number of carboxylic acids is 1. The molecule has 2 aromatic rings. The van der Waals surface area contributed by atoms with Gasteiger partial charge in [-0.1, -0.05) is 57.2 Å². The fraction of sp³-hybridized carbons (Fsp3) is 0.520. The number of aliphatic carboxylic acids is 1. The predicted octanol–water partition coefficient (Wildman–Crippen LogP) is 5.66. The fourth-order valence-corrected chi connectivity index (χ4v) is 3.22. The van der Waals surface area contributed by atoms with Crippen molar-refractivity contribution in [2.24, 2.45) is 0 Å². The molecule has 5 heteroatoms. The highest BCUT2D eigenvalue weighted by molar-refractivity contribution is 5.80. The number of aliphatic hydroxyl groups excluding tert-OH is 1. The van der Waals surface area contributed by atoms with Gasteiger partial charge in [0.15, 0.2) is 0 Å². The minimum Gasteiger partial charge on any atom is -0.481 e. The normalized spacial score (nSPS) is 11.7. The van der Waals surface area contributed by atoms with Gasteiger partial charge in [-0.2, -0.15) is 0 Å². The Kier molecular flexibility index (Phi) is 10.7. The summed E-state index contributed by atoms with van der Waals surface area (Å²) in [4.78, 5) is 15.2. The van der Waals surface area contributed by atoms with E-state index in [-0.39, 0.29) is 12.8 Å². The van der Waals surface area contributed by atoms with Crippen molar-refractivity contribution in [1.29, 1.82) is 0 Å². The Hall–Kier alpha value is -2.58. The molecule has 2 N–H and O–H groups in total. The van der Waals surface area contributed by atoms with Gasteiger partial charge in [0, 0.05) is 30.2 Å². The number of benzene rings is 1. The Bertz CT molecular complexity index is 853. The molecule has 5 nitrogen and oxygen atoms in total. The van der Waals surface area contributed by atoms with Crippen molar-refractivity contribution in [2.75, 3.05) is 6.61 Å². The largest absolute Gasteiger partial charge is 0.481 e. The summed E-state index contributed by atoms with van der Waals surface area (Å²) in [6.07, 6.45) is 7.71. The van der Waals surface area contributed by atoms with E-state index in [1.165, 1.54) is 25.7 Å². The molecular formula is C25H33NO4. The number of aromatic nitrogens is 1. The predicted molar refractivity (Wildman–Crippen MR) is 119 cm³/mol. The molecule has 0 aliphatic rings. The fourth-order valence-electron chi connectivity index (χ4n) is 3.22. The van der Waals surface area contributed by atoms with Gasteiger partial charge in [0.1, 0.15) is 0 Å². The van der Waals surface area contributed by atoms with E-state index < -0.39 is 12.1 Å². The maximum absolute atomic E-state index is 10.7. The van der Waals surface area contributed by atoms with Crippen LogP contribution in [-0.4, -0.2) is 27.8 Å². The van der Waals surface area contributed by atoms with Crippen LogP contribution in [0.2, 0.25) is 0 Å². The van der Waals surface area contributed by atoms with Crippen LogP contribution in [-0.2, 0) is 4.79 Å². The van der Waals surface area contributed by atoms with Crippen LogP contribution < -0.4 is 4.74 Å². The Morgan fingerprint density at radius 2 is 1.87 bits per heavy atom. The number of pyridine rings is 1. The zero-order chi connectivity index (χ0) is 21.6. The number of rotatable bonds is 13. The minimum atomic E-state index is -0.814. The first-order valence-corrected chi connectivity index (χ1v) is 11.0. The second-order valence-electron chi connectivity index (χ2n) is 7.51. The van der Waals surface area contributed by atoms with E-state index in [0.29, 0.717) is 30.9 Å². The van der Waals surface area contributed by atoms with Crippen LogP contribution in [0.1, 0.15) is 82.8 Å². The molecule has 162 valence electrons. The van der Waals surface area contributed by atoms with Crippen LogP contribution in [0.5, 0.6) is 5.88 Å². The van der Waals surface area contributed by atoms with Crippen LogP contribution in [0.15, 0.2) is 30.3 Å². The Morgan fingerprint density at radius 1 is 1.10 bits per heavy atom. The maximum atomic E-state index is 10.7. The average molecular weight is 412 g/mol. The van der Waals surface area contributed by atoms with Crippen LogP contribution in [0.3, 0.4) is 0 Å². The quantitative estimate of drug-likeness (QED) is 0.329. The van der Waals surface area contributed by atoms with Crippen molar-refractivity contribution in [3.05, 3.63) is 35.9 Å². The van der Waals surface area contributed by atoms with E-state index in [0.717, 1.165) is 23.7 Å². The third-order valence-corrected chi connectivity index (χ3v) is 4.93. The summed E-state index contributed by atoms with van der Waals surface area (Å²) in [6.45, 7) is 2.79. The minimum absolute atomic E-state index is 0.113. The molecule has 0 aliphatic heterocycles. The summed E-state index contributed by atoms with van der Waals surface area (Å²) < 4.78 is 5.96. The van der Waals surface area contributed by atoms with Gasteiger partial charge in [-0.25, -0.2) is 4.98 Å². The van der Waals surface area contributed by atoms with Crippen molar-refractivity contribution in [3.63, 3.8) is 0 Å². The van der Waals surface area contributed by atoms with Crippen LogP contribution >= 0.6 is 0 Å². The topological polar surface area (TPSA) is 79.7 Å². The van der Waals surface area contributed by atoms with Gasteiger partial charge in [0.25, 0.3) is 0 Å². The van der Waals surface area contributed by atoms with E-state index in [1.54, 1.807) is 0 Å². The van der Waals surface area contributed by atoms with E-state index >= 15 is 0 Å². The van der Waals surface area contributed by atoms with Gasteiger partial charge in [-0.3, -0.25) is 4.79 Å². The van der Waals surface area contributed by atoms with E-state index in [2.05, 4.69) is 23.7 Å². The van der Waals surface area contributed by atoms with Gasteiger partial charge in [-0.05, 0) is 25.0 Å². The smallest absolute Gasteiger partial charge is 0.303 e. The van der Waals surface area contributed by atoms with Gasteiger partial charge >= 0.3 is 5.97 Å². The third-order valence-electron chi connectivity index (χ3n) is 4.93. The SMILES string of the molecule is CCCCCCCCOc1nc2ccccc2cc1C(O)CC#CCCCC(=O)O. The summed E-state index contributed by atoms with van der Waals surface area (Å²) in [6, 6.07) is 9.71. The molecule has 0 fully saturated rings. The molecule has 1 atom stereocenters. The van der Waals surface area contributed by atoms with Gasteiger partial charge in [0.05, 0.1) is 18.2 Å². The highest BCUT2D eigenvalue weighted by atomic mass is 16.5. The number of carboxylic acid groups (broad SMARTS) is 1. The molecule has 1 aromatic carbocycles. The summed E-state index contributed by atoms with van der Waals surface area (Å²) >= 11 is 0. The molecular weight excluding hydrogens is 378 g/mol. The summed E-state index contributed by atoms with van der Waals surface area (Å²) in [5.74, 6) is 5.55. The molecule has 0 bridgehead atoms. The first kappa shape index (κ1) is 23.7. The second kappa shape index (κ2) is 13.6. The lowest BCUT2D eigenvalue weighted by Gasteiger charge is -2.15. The van der Waals surface area contributed by atoms with Crippen molar-refractivity contribution in [1.82, 2.24) is 4.98 Å². The molecule has 0 saturated carbocycles. The van der Waals surface area contributed by atoms with Crippen LogP contribution in [0.25, 0.3) is 10.9 Å². The summed E-state index contributed by atoms with van der Waals surface area (Å²) in [7, 11) is 0. The van der Waals surface area contributed by atoms with Gasteiger partial charge < -0.3 is 14.9 Å². The third kappa shape index (κ3) is 8.42. The number of fused-ring (bicyclic) bond motifs is 1. The molecule has 1 heterocycles. The molecule has 0 saturated heterocycles. The molecule has 0 radical (unpaired) electrons. The Balaban J connectivity index is 1.98. The molecule has 0 amide bonds. The molecule has 1 aromatic heterocycles. The molecule has 0 aliphatic carbocycles. The van der Waals surface area contributed by atoms with E-state index in [9.17, 15) is 9.90 Å². The zero-order valence-corrected chi connectivity index (χ0v) is 17.9. The second-order valence-corrected chi connectivity index (χ2v) is 7.51. The lowest BCUT2D eigenvalue weighted by atomic mass is 10.1. The monoisotopic (exact) mass is 411 g/mol.